The van der Waals surface area contributed by atoms with Crippen LogP contribution in [0.1, 0.15) is 30.9 Å². The van der Waals surface area contributed by atoms with Crippen LogP contribution in [0, 0.1) is 29.5 Å². The molecular weight excluding hydrogens is 215 g/mol. The molecule has 0 saturated heterocycles. The number of benzene rings is 1. The largest absolute Gasteiger partial charge is 0.300 e. The molecule has 0 radical (unpaired) electrons. The van der Waals surface area contributed by atoms with Crippen LogP contribution in [0.3, 0.4) is 0 Å². The molecule has 0 amide bonds. The Morgan fingerprint density at radius 1 is 1.53 bits per heavy atom. The molecule has 0 aliphatic carbocycles. The molecule has 88 valence electrons. The summed E-state index contributed by atoms with van der Waals surface area (Å²) in [5, 5.41) is 12.0. The summed E-state index contributed by atoms with van der Waals surface area (Å²) in [6.45, 7) is 2.46. The van der Waals surface area contributed by atoms with E-state index in [-0.39, 0.29) is 11.9 Å². The Hall–Kier alpha value is -1.84. The highest BCUT2D eigenvalue weighted by Crippen LogP contribution is 2.10. The number of hydrogen-bond donors (Lipinski definition) is 1. The van der Waals surface area contributed by atoms with E-state index < -0.39 is 0 Å². The van der Waals surface area contributed by atoms with Gasteiger partial charge in [0.1, 0.15) is 5.82 Å². The Morgan fingerprint density at radius 2 is 2.29 bits per heavy atom. The smallest absolute Gasteiger partial charge is 0.123 e. The van der Waals surface area contributed by atoms with Crippen molar-refractivity contribution in [1.29, 1.82) is 5.26 Å². The fourth-order valence-corrected chi connectivity index (χ4v) is 1.58. The molecule has 0 fully saturated rings. The third kappa shape index (κ3) is 3.90. The second-order valence-electron chi connectivity index (χ2n) is 3.80. The lowest BCUT2D eigenvalue weighted by atomic mass is 10.1. The lowest BCUT2D eigenvalue weighted by Gasteiger charge is -2.12. The molecule has 0 heterocycles. The zero-order valence-electron chi connectivity index (χ0n) is 9.83. The van der Waals surface area contributed by atoms with Crippen molar-refractivity contribution in [2.45, 2.75) is 32.4 Å². The van der Waals surface area contributed by atoms with E-state index in [0.29, 0.717) is 17.7 Å². The van der Waals surface area contributed by atoms with Crippen LogP contribution in [-0.4, -0.2) is 6.04 Å². The Labute approximate surface area is 101 Å². The first kappa shape index (κ1) is 13.2. The number of hydrogen-bond acceptors (Lipinski definition) is 2. The van der Waals surface area contributed by atoms with Crippen molar-refractivity contribution in [3.8, 4) is 18.4 Å². The van der Waals surface area contributed by atoms with E-state index in [1.54, 1.807) is 0 Å². The van der Waals surface area contributed by atoms with E-state index in [1.807, 2.05) is 6.07 Å². The monoisotopic (exact) mass is 230 g/mol. The average Bonchev–Trinajstić information content (AvgIpc) is 2.34. The Morgan fingerprint density at radius 3 is 2.88 bits per heavy atom. The summed E-state index contributed by atoms with van der Waals surface area (Å²) in [6.07, 6.45) is 7.22. The first-order valence-corrected chi connectivity index (χ1v) is 5.59. The molecule has 17 heavy (non-hydrogen) atoms. The fraction of sp³-hybridized carbons (Fsp3) is 0.357. The first-order chi connectivity index (χ1) is 8.21. The number of terminal acetylenes is 1. The molecule has 0 spiro atoms. The van der Waals surface area contributed by atoms with Crippen molar-refractivity contribution >= 4 is 0 Å². The van der Waals surface area contributed by atoms with Crippen molar-refractivity contribution in [2.75, 3.05) is 0 Å². The van der Waals surface area contributed by atoms with Gasteiger partial charge in [0.05, 0.1) is 17.7 Å². The Balaban J connectivity index is 2.72. The minimum Gasteiger partial charge on any atom is -0.300 e. The van der Waals surface area contributed by atoms with Crippen LogP contribution >= 0.6 is 0 Å². The molecule has 0 saturated carbocycles. The normalized spacial score (nSPS) is 11.5. The third-order valence-electron chi connectivity index (χ3n) is 2.51. The van der Waals surface area contributed by atoms with Crippen molar-refractivity contribution in [3.05, 3.63) is 35.1 Å². The molecular formula is C14H15FN2. The lowest BCUT2D eigenvalue weighted by molar-refractivity contribution is 0.559. The van der Waals surface area contributed by atoms with Crippen LogP contribution < -0.4 is 5.32 Å². The van der Waals surface area contributed by atoms with Gasteiger partial charge in [0.25, 0.3) is 0 Å². The summed E-state index contributed by atoms with van der Waals surface area (Å²) in [7, 11) is 0. The molecule has 1 N–H and O–H groups in total. The molecule has 0 aromatic heterocycles. The van der Waals surface area contributed by atoms with Crippen LogP contribution in [0.25, 0.3) is 0 Å². The Bertz CT molecular complexity index is 454. The minimum absolute atomic E-state index is 0.0326. The van der Waals surface area contributed by atoms with Gasteiger partial charge in [-0.1, -0.05) is 19.3 Å². The molecule has 1 unspecified atom stereocenters. The summed E-state index contributed by atoms with van der Waals surface area (Å²) in [5.41, 5.74) is 1.12. The SMILES string of the molecule is C#CC(CCC)NCc1cc(F)ccc1C#N. The number of halogens is 1. The van der Waals surface area contributed by atoms with Crippen LogP contribution in [0.15, 0.2) is 18.2 Å². The zero-order chi connectivity index (χ0) is 12.7. The molecule has 0 aliphatic rings. The quantitative estimate of drug-likeness (QED) is 0.789. The highest BCUT2D eigenvalue weighted by atomic mass is 19.1. The summed E-state index contributed by atoms with van der Waals surface area (Å²) in [4.78, 5) is 0. The summed E-state index contributed by atoms with van der Waals surface area (Å²) in [5.74, 6) is 2.30. The lowest BCUT2D eigenvalue weighted by Crippen LogP contribution is -2.27. The van der Waals surface area contributed by atoms with Crippen LogP contribution in [-0.2, 0) is 6.54 Å². The highest BCUT2D eigenvalue weighted by Gasteiger charge is 2.07. The highest BCUT2D eigenvalue weighted by molar-refractivity contribution is 5.37. The van der Waals surface area contributed by atoms with E-state index in [4.69, 9.17) is 11.7 Å². The van der Waals surface area contributed by atoms with Gasteiger partial charge < -0.3 is 0 Å². The van der Waals surface area contributed by atoms with Crippen LogP contribution in [0.5, 0.6) is 0 Å². The summed E-state index contributed by atoms with van der Waals surface area (Å²) >= 11 is 0. The minimum atomic E-state index is -0.339. The van der Waals surface area contributed by atoms with Gasteiger partial charge in [0, 0.05) is 6.54 Å². The van der Waals surface area contributed by atoms with Gasteiger partial charge in [-0.2, -0.15) is 5.26 Å². The number of nitrogens with zero attached hydrogens (tertiary/aromatic N) is 1. The van der Waals surface area contributed by atoms with Gasteiger partial charge in [-0.05, 0) is 30.2 Å². The molecule has 1 atom stereocenters. The topological polar surface area (TPSA) is 35.8 Å². The van der Waals surface area contributed by atoms with Gasteiger partial charge >= 0.3 is 0 Å². The summed E-state index contributed by atoms with van der Waals surface area (Å²) < 4.78 is 13.1. The second-order valence-corrected chi connectivity index (χ2v) is 3.80. The van der Waals surface area contributed by atoms with E-state index >= 15 is 0 Å². The van der Waals surface area contributed by atoms with Crippen molar-refractivity contribution < 1.29 is 4.39 Å². The first-order valence-electron chi connectivity index (χ1n) is 5.59. The van der Waals surface area contributed by atoms with Crippen molar-refractivity contribution in [2.24, 2.45) is 0 Å². The second kappa shape index (κ2) is 6.68. The fourth-order valence-electron chi connectivity index (χ4n) is 1.58. The predicted octanol–water partition coefficient (Wildman–Crippen LogP) is 2.59. The van der Waals surface area contributed by atoms with Crippen molar-refractivity contribution in [3.63, 3.8) is 0 Å². The maximum absolute atomic E-state index is 13.1. The van der Waals surface area contributed by atoms with Crippen molar-refractivity contribution in [1.82, 2.24) is 5.32 Å². The van der Waals surface area contributed by atoms with Gasteiger partial charge in [0.2, 0.25) is 0 Å². The number of rotatable bonds is 5. The Kier molecular flexibility index (Phi) is 5.20. The molecule has 0 bridgehead atoms. The van der Waals surface area contributed by atoms with E-state index in [1.165, 1.54) is 18.2 Å². The van der Waals surface area contributed by atoms with Gasteiger partial charge in [-0.3, -0.25) is 5.32 Å². The average molecular weight is 230 g/mol. The third-order valence-corrected chi connectivity index (χ3v) is 2.51. The van der Waals surface area contributed by atoms with E-state index in [0.717, 1.165) is 12.8 Å². The molecule has 0 aliphatic heterocycles. The van der Waals surface area contributed by atoms with E-state index in [2.05, 4.69) is 18.2 Å². The molecule has 1 aromatic carbocycles. The predicted molar refractivity (Wildman–Crippen MR) is 65.5 cm³/mol. The molecule has 1 aromatic rings. The van der Waals surface area contributed by atoms with Crippen LogP contribution in [0.2, 0.25) is 0 Å². The maximum Gasteiger partial charge on any atom is 0.123 e. The number of nitriles is 1. The molecule has 2 nitrogen and oxygen atoms in total. The van der Waals surface area contributed by atoms with Gasteiger partial charge in [-0.25, -0.2) is 4.39 Å². The van der Waals surface area contributed by atoms with Crippen LogP contribution in [0.4, 0.5) is 4.39 Å². The molecule has 3 heteroatoms. The maximum atomic E-state index is 13.1. The number of nitrogens with one attached hydrogen (secondary N) is 1. The van der Waals surface area contributed by atoms with Gasteiger partial charge in [0.15, 0.2) is 0 Å². The molecule has 1 rings (SSSR count). The standard InChI is InChI=1S/C14H15FN2/c1-3-5-14(4-2)17-10-12-8-13(15)7-6-11(12)9-16/h2,6-8,14,17H,3,5,10H2,1H3. The summed E-state index contributed by atoms with van der Waals surface area (Å²) in [6, 6.07) is 6.14. The van der Waals surface area contributed by atoms with E-state index in [9.17, 15) is 4.39 Å². The zero-order valence-corrected chi connectivity index (χ0v) is 9.83. The van der Waals surface area contributed by atoms with Gasteiger partial charge in [-0.15, -0.1) is 6.42 Å².